The van der Waals surface area contributed by atoms with Crippen molar-refractivity contribution in [2.24, 2.45) is 22.2 Å². The van der Waals surface area contributed by atoms with Crippen LogP contribution in [0.25, 0.3) is 11.0 Å². The van der Waals surface area contributed by atoms with Crippen LogP contribution < -0.4 is 42.2 Å². The lowest BCUT2D eigenvalue weighted by Gasteiger charge is -2.28. The zero-order valence-corrected chi connectivity index (χ0v) is 32.5. The zero-order valence-electron chi connectivity index (χ0n) is 32.5. The Balaban J connectivity index is 1.48. The van der Waals surface area contributed by atoms with Gasteiger partial charge in [0.25, 0.3) is 5.91 Å². The molecule has 8 N–H and O–H groups in total. The summed E-state index contributed by atoms with van der Waals surface area (Å²) >= 11 is 0. The highest BCUT2D eigenvalue weighted by molar-refractivity contribution is 6.04. The highest BCUT2D eigenvalue weighted by atomic mass is 16.5. The molecule has 0 unspecified atom stereocenters. The first-order chi connectivity index (χ1) is 27.0. The number of carbonyl (C=O) groups is 3. The molecular weight excluding hydrogens is 717 g/mol. The van der Waals surface area contributed by atoms with Crippen LogP contribution in [0.1, 0.15) is 56.7 Å². The number of allylic oxidation sites excluding steroid dienone is 1. The number of ether oxygens (including phenoxy) is 2. The molecule has 56 heavy (non-hydrogen) atoms. The minimum absolute atomic E-state index is 0.213. The number of methoxy groups -OCH3 is 1. The predicted octanol–water partition coefficient (Wildman–Crippen LogP) is 2.95. The summed E-state index contributed by atoms with van der Waals surface area (Å²) < 4.78 is 15.4. The number of aryl methyl sites for hydroxylation is 2. The van der Waals surface area contributed by atoms with Crippen molar-refractivity contribution in [2.75, 3.05) is 63.8 Å². The Morgan fingerprint density at radius 3 is 2.38 bits per heavy atom. The monoisotopic (exact) mass is 768 g/mol. The number of likely N-dealkylation sites (tertiary alicyclic amines) is 1. The molecule has 1 saturated heterocycles. The third-order valence-electron chi connectivity index (χ3n) is 9.42. The Labute approximate surface area is 326 Å². The Bertz CT molecular complexity index is 2110. The fourth-order valence-corrected chi connectivity index (χ4v) is 6.59. The molecule has 1 aliphatic heterocycles. The number of rotatable bonds is 19. The molecule has 0 spiro atoms. The summed E-state index contributed by atoms with van der Waals surface area (Å²) in [5.41, 5.74) is 20.9. The van der Waals surface area contributed by atoms with Gasteiger partial charge in [-0.05, 0) is 83.9 Å². The number of piperidine rings is 1. The van der Waals surface area contributed by atoms with E-state index in [0.717, 1.165) is 32.5 Å². The molecule has 17 heteroatoms. The number of benzene rings is 2. The number of carbonyl (C=O) groups excluding carboxylic acids is 3. The number of hydrogen-bond donors (Lipinski definition) is 5. The van der Waals surface area contributed by atoms with Gasteiger partial charge in [-0.15, -0.1) is 0 Å². The number of aliphatic imine (C=N–C) groups is 1. The summed E-state index contributed by atoms with van der Waals surface area (Å²) in [6.07, 6.45) is 9.78. The van der Waals surface area contributed by atoms with Crippen LogP contribution >= 0.6 is 0 Å². The lowest BCUT2D eigenvalue weighted by molar-refractivity contribution is 0.0991. The van der Waals surface area contributed by atoms with E-state index < -0.39 is 17.7 Å². The van der Waals surface area contributed by atoms with Crippen LogP contribution in [0.4, 0.5) is 17.3 Å². The van der Waals surface area contributed by atoms with E-state index in [-0.39, 0.29) is 36.3 Å². The molecule has 298 valence electrons. The topological polar surface area (TPSA) is 226 Å². The van der Waals surface area contributed by atoms with Crippen molar-refractivity contribution >= 4 is 52.8 Å². The van der Waals surface area contributed by atoms with E-state index in [1.807, 2.05) is 41.5 Å². The van der Waals surface area contributed by atoms with Gasteiger partial charge >= 0.3 is 0 Å². The fraction of sp³-hybridized carbons (Fsp3) is 0.385. The molecule has 0 radical (unpaired) electrons. The van der Waals surface area contributed by atoms with Gasteiger partial charge in [0.1, 0.15) is 35.0 Å². The first kappa shape index (κ1) is 41.1. The number of nitrogens with zero attached hydrogens (tertiary/aromatic N) is 7. The van der Waals surface area contributed by atoms with Gasteiger partial charge in [-0.25, -0.2) is 4.98 Å². The molecule has 0 saturated carbocycles. The molecule has 5 rings (SSSR count). The van der Waals surface area contributed by atoms with Crippen LogP contribution in [0.2, 0.25) is 0 Å². The summed E-state index contributed by atoms with van der Waals surface area (Å²) in [6, 6.07) is 8.28. The lowest BCUT2D eigenvalue weighted by Crippen LogP contribution is -2.39. The van der Waals surface area contributed by atoms with Crippen molar-refractivity contribution in [1.29, 1.82) is 0 Å². The van der Waals surface area contributed by atoms with Gasteiger partial charge in [0.15, 0.2) is 0 Å². The third-order valence-corrected chi connectivity index (χ3v) is 9.42. The van der Waals surface area contributed by atoms with Gasteiger partial charge in [-0.2, -0.15) is 5.10 Å². The maximum atomic E-state index is 13.7. The zero-order chi connectivity index (χ0) is 40.4. The summed E-state index contributed by atoms with van der Waals surface area (Å²) in [4.78, 5) is 51.3. The van der Waals surface area contributed by atoms with E-state index in [4.69, 9.17) is 31.7 Å². The second-order valence-corrected chi connectivity index (χ2v) is 13.4. The molecule has 1 aliphatic rings. The molecular formula is C39H52N12O5. The number of fused-ring (bicyclic) bond motifs is 1. The number of nitrogens with two attached hydrogens (primary N) is 3. The quantitative estimate of drug-likeness (QED) is 0.0530. The van der Waals surface area contributed by atoms with Gasteiger partial charge in [-0.3, -0.25) is 34.3 Å². The molecule has 2 aromatic heterocycles. The van der Waals surface area contributed by atoms with Crippen molar-refractivity contribution < 1.29 is 23.9 Å². The van der Waals surface area contributed by atoms with E-state index in [0.29, 0.717) is 65.1 Å². The first-order valence-corrected chi connectivity index (χ1v) is 18.5. The maximum absolute atomic E-state index is 13.7. The number of aromatic nitrogens is 4. The minimum atomic E-state index is -0.643. The van der Waals surface area contributed by atoms with Crippen LogP contribution in [-0.4, -0.2) is 108 Å². The molecule has 0 bridgehead atoms. The van der Waals surface area contributed by atoms with Crippen LogP contribution in [0, 0.1) is 6.92 Å². The standard InChI is InChI=1S/C39H52N12O5/c1-6-51-31(19-25(2)47-51)38(54)46-39-45-30-21-27(37(42)53)23-33(56-18-10-9-13-48-16-11-28(40)12-17-48)35(30)50(39)15-8-7-14-49(24-43-3)34-29(44-4)20-26(36(41)52)22-32(34)55-5/h7-10,19-23,28,43H,4,6,11-18,24,40H2,1-3,5H3,(H2,41,52)(H2,42,53)(H,45,46,54)/b8-7+,10-9+. The van der Waals surface area contributed by atoms with Gasteiger partial charge in [-0.1, -0.05) is 24.3 Å². The lowest BCUT2D eigenvalue weighted by atomic mass is 10.1. The highest BCUT2D eigenvalue weighted by Crippen LogP contribution is 2.39. The molecule has 2 aromatic carbocycles. The summed E-state index contributed by atoms with van der Waals surface area (Å²) in [7, 11) is 3.31. The van der Waals surface area contributed by atoms with E-state index in [2.05, 4.69) is 38.4 Å². The van der Waals surface area contributed by atoms with Crippen molar-refractivity contribution in [3.8, 4) is 11.5 Å². The largest absolute Gasteiger partial charge is 0.494 e. The number of nitrogens with one attached hydrogen (secondary N) is 2. The number of anilines is 2. The molecule has 4 aromatic rings. The molecule has 0 atom stereocenters. The summed E-state index contributed by atoms with van der Waals surface area (Å²) in [5.74, 6) is -0.650. The summed E-state index contributed by atoms with van der Waals surface area (Å²) in [5, 5.41) is 10.5. The van der Waals surface area contributed by atoms with Crippen LogP contribution in [-0.2, 0) is 13.1 Å². The molecule has 0 aliphatic carbocycles. The SMILES string of the molecule is C=Nc1cc(C(N)=O)cc(OC)c1N(C/C=C/Cn1c(NC(=O)c2cc(C)nn2CC)nc2cc(C(N)=O)cc(OC/C=C/CN3CCC(N)CC3)c21)CNC. The molecule has 3 heterocycles. The van der Waals surface area contributed by atoms with Gasteiger partial charge in [0.05, 0.1) is 30.7 Å². The van der Waals surface area contributed by atoms with Gasteiger partial charge < -0.3 is 41.5 Å². The Morgan fingerprint density at radius 2 is 1.71 bits per heavy atom. The Hall–Kier alpha value is -6.04. The predicted molar refractivity (Wildman–Crippen MR) is 218 cm³/mol. The second kappa shape index (κ2) is 19.0. The Kier molecular flexibility index (Phi) is 14.0. The number of imidazole rings is 1. The molecule has 3 amide bonds. The minimum Gasteiger partial charge on any atom is -0.494 e. The number of primary amides is 2. The fourth-order valence-electron chi connectivity index (χ4n) is 6.59. The smallest absolute Gasteiger partial charge is 0.276 e. The van der Waals surface area contributed by atoms with Crippen molar-refractivity contribution in [3.05, 3.63) is 77.2 Å². The maximum Gasteiger partial charge on any atom is 0.276 e. The van der Waals surface area contributed by atoms with E-state index in [9.17, 15) is 14.4 Å². The normalized spacial score (nSPS) is 13.8. The number of amides is 3. The van der Waals surface area contributed by atoms with E-state index >= 15 is 0 Å². The van der Waals surface area contributed by atoms with Crippen LogP contribution in [0.3, 0.4) is 0 Å². The van der Waals surface area contributed by atoms with Crippen molar-refractivity contribution in [1.82, 2.24) is 29.5 Å². The van der Waals surface area contributed by atoms with Crippen molar-refractivity contribution in [3.63, 3.8) is 0 Å². The summed E-state index contributed by atoms with van der Waals surface area (Å²) in [6.45, 7) is 11.8. The van der Waals surface area contributed by atoms with Gasteiger partial charge in [0.2, 0.25) is 17.8 Å². The Morgan fingerprint density at radius 1 is 1.02 bits per heavy atom. The second-order valence-electron chi connectivity index (χ2n) is 13.4. The third kappa shape index (κ3) is 9.79. The van der Waals surface area contributed by atoms with Crippen LogP contribution in [0.15, 0.2) is 59.6 Å². The molecule has 1 fully saturated rings. The first-order valence-electron chi connectivity index (χ1n) is 18.5. The highest BCUT2D eigenvalue weighted by Gasteiger charge is 2.23. The van der Waals surface area contributed by atoms with Crippen LogP contribution in [0.5, 0.6) is 11.5 Å². The molecule has 17 nitrogen and oxygen atoms in total. The van der Waals surface area contributed by atoms with Crippen molar-refractivity contribution in [2.45, 2.75) is 45.8 Å². The number of hydrogen-bond acceptors (Lipinski definition) is 12. The van der Waals surface area contributed by atoms with E-state index in [1.54, 1.807) is 42.1 Å². The average Bonchev–Trinajstić information content (AvgIpc) is 3.74. The van der Waals surface area contributed by atoms with E-state index in [1.165, 1.54) is 7.11 Å². The van der Waals surface area contributed by atoms with Gasteiger partial charge in [0, 0.05) is 43.3 Å². The average molecular weight is 769 g/mol.